The lowest BCUT2D eigenvalue weighted by Gasteiger charge is -2.00. The molecule has 2 aromatic rings. The Bertz CT molecular complexity index is 791. The molecule has 4 rings (SSSR count). The second-order valence-corrected chi connectivity index (χ2v) is 5.97. The second kappa shape index (κ2) is 5.14. The van der Waals surface area contributed by atoms with Gasteiger partial charge in [-0.2, -0.15) is 4.98 Å². The van der Waals surface area contributed by atoms with Crippen LogP contribution in [0.2, 0.25) is 5.02 Å². The Balaban J connectivity index is 1.61. The van der Waals surface area contributed by atoms with Gasteiger partial charge >= 0.3 is 0 Å². The van der Waals surface area contributed by atoms with Crippen molar-refractivity contribution in [3.63, 3.8) is 0 Å². The van der Waals surface area contributed by atoms with E-state index in [-0.39, 0.29) is 5.88 Å². The Hall–Kier alpha value is -2.34. The van der Waals surface area contributed by atoms with Gasteiger partial charge in [-0.05, 0) is 30.9 Å². The van der Waals surface area contributed by atoms with Crippen LogP contribution in [0.15, 0.2) is 17.3 Å². The van der Waals surface area contributed by atoms with E-state index < -0.39 is 0 Å². The van der Waals surface area contributed by atoms with Crippen LogP contribution < -0.4 is 5.32 Å². The molecule has 0 atom stereocenters. The normalized spacial score (nSPS) is 18.0. The molecule has 6 nitrogen and oxygen atoms in total. The van der Waals surface area contributed by atoms with Gasteiger partial charge in [0.15, 0.2) is 5.82 Å². The number of aromatic amines is 1. The molecule has 3 N–H and O–H groups in total. The van der Waals surface area contributed by atoms with E-state index in [0.29, 0.717) is 22.5 Å². The summed E-state index contributed by atoms with van der Waals surface area (Å²) in [6.45, 7) is 0.882. The van der Waals surface area contributed by atoms with Crippen LogP contribution in [-0.2, 0) is 0 Å². The molecule has 0 saturated heterocycles. The van der Waals surface area contributed by atoms with Crippen LogP contribution in [0.4, 0.5) is 11.8 Å². The number of hydrogen-bond acceptors (Lipinski definition) is 5. The average molecular weight is 316 g/mol. The smallest absolute Gasteiger partial charge is 0.238 e. The maximum atomic E-state index is 9.96. The minimum Gasteiger partial charge on any atom is -0.492 e. The Kier molecular flexibility index (Phi) is 3.11. The molecule has 7 heteroatoms. The monoisotopic (exact) mass is 315 g/mol. The molecule has 3 heterocycles. The Morgan fingerprint density at radius 3 is 3.14 bits per heavy atom. The number of H-pyrrole nitrogens is 1. The fourth-order valence-electron chi connectivity index (χ4n) is 2.34. The Labute approximate surface area is 132 Å². The molecule has 0 bridgehead atoms. The highest BCUT2D eigenvalue weighted by Crippen LogP contribution is 2.34. The molecule has 2 aliphatic rings. The van der Waals surface area contributed by atoms with Gasteiger partial charge in [0.25, 0.3) is 0 Å². The van der Waals surface area contributed by atoms with Crippen LogP contribution in [0.5, 0.6) is 5.88 Å². The lowest BCUT2D eigenvalue weighted by atomic mass is 10.1. The molecule has 0 radical (unpaired) electrons. The van der Waals surface area contributed by atoms with Crippen LogP contribution in [0.25, 0.3) is 11.6 Å². The van der Waals surface area contributed by atoms with Gasteiger partial charge in [-0.3, -0.25) is 0 Å². The Morgan fingerprint density at radius 2 is 2.32 bits per heavy atom. The molecule has 112 valence electrons. The number of rotatable bonds is 4. The van der Waals surface area contributed by atoms with E-state index >= 15 is 0 Å². The van der Waals surface area contributed by atoms with Crippen molar-refractivity contribution in [2.75, 3.05) is 11.9 Å². The summed E-state index contributed by atoms with van der Waals surface area (Å²) < 4.78 is 0. The topological polar surface area (TPSA) is 86.2 Å². The summed E-state index contributed by atoms with van der Waals surface area (Å²) >= 11 is 5.98. The molecule has 22 heavy (non-hydrogen) atoms. The molecule has 1 fully saturated rings. The van der Waals surface area contributed by atoms with Crippen molar-refractivity contribution in [3.8, 4) is 5.88 Å². The van der Waals surface area contributed by atoms with E-state index in [1.54, 1.807) is 18.5 Å². The summed E-state index contributed by atoms with van der Waals surface area (Å²) in [4.78, 5) is 15.5. The standard InChI is InChI=1S/C15H14ClN5O/c16-10-4-11-9(6-17-13(11)18-7-10)3-12-14(22)21-15(20-12)19-5-8-1-2-8/h3-4,6-8,22H,1-2,5H2,(H2,19,20,21)/b9-3+. The molecule has 2 aromatic heterocycles. The van der Waals surface area contributed by atoms with Crippen molar-refractivity contribution in [1.82, 2.24) is 15.0 Å². The molecular weight excluding hydrogens is 302 g/mol. The molecule has 0 aromatic carbocycles. The molecule has 0 unspecified atom stereocenters. The third kappa shape index (κ3) is 2.57. The molecular formula is C15H14ClN5O. The first-order chi connectivity index (χ1) is 10.7. The first-order valence-electron chi connectivity index (χ1n) is 7.13. The van der Waals surface area contributed by atoms with Gasteiger partial charge in [-0.1, -0.05) is 11.6 Å². The summed E-state index contributed by atoms with van der Waals surface area (Å²) in [5.74, 6) is 1.90. The zero-order chi connectivity index (χ0) is 15.1. The van der Waals surface area contributed by atoms with Gasteiger partial charge in [-0.15, -0.1) is 0 Å². The largest absolute Gasteiger partial charge is 0.492 e. The number of aliphatic imine (C=N–C) groups is 1. The number of anilines is 1. The minimum atomic E-state index is -0.0392. The van der Waals surface area contributed by atoms with Gasteiger partial charge in [0.1, 0.15) is 5.69 Å². The molecule has 0 amide bonds. The number of pyridine rings is 1. The number of fused-ring (bicyclic) bond motifs is 1. The first-order valence-corrected chi connectivity index (χ1v) is 7.51. The number of aromatic hydroxyl groups is 1. The summed E-state index contributed by atoms with van der Waals surface area (Å²) in [7, 11) is 0. The van der Waals surface area contributed by atoms with E-state index in [1.807, 2.05) is 6.07 Å². The highest BCUT2D eigenvalue weighted by molar-refractivity contribution is 6.31. The molecule has 0 spiro atoms. The number of nitrogens with one attached hydrogen (secondary N) is 2. The zero-order valence-corrected chi connectivity index (χ0v) is 12.4. The number of aromatic nitrogens is 3. The number of allylic oxidation sites excluding steroid dienone is 1. The first kappa shape index (κ1) is 13.3. The van der Waals surface area contributed by atoms with Crippen molar-refractivity contribution < 1.29 is 5.11 Å². The van der Waals surface area contributed by atoms with E-state index in [2.05, 4.69) is 25.3 Å². The molecule has 1 aliphatic heterocycles. The number of imidazole rings is 1. The van der Waals surface area contributed by atoms with Crippen LogP contribution >= 0.6 is 11.6 Å². The third-order valence-corrected chi connectivity index (χ3v) is 3.94. The summed E-state index contributed by atoms with van der Waals surface area (Å²) in [5, 5.41) is 13.7. The van der Waals surface area contributed by atoms with Crippen molar-refractivity contribution in [3.05, 3.63) is 28.5 Å². The van der Waals surface area contributed by atoms with E-state index in [1.165, 1.54) is 12.8 Å². The maximum Gasteiger partial charge on any atom is 0.238 e. The highest BCUT2D eigenvalue weighted by atomic mass is 35.5. The van der Waals surface area contributed by atoms with Crippen LogP contribution in [0, 0.1) is 5.92 Å². The summed E-state index contributed by atoms with van der Waals surface area (Å²) in [6, 6.07) is 1.81. The number of hydrogen-bond donors (Lipinski definition) is 3. The SMILES string of the molecule is Oc1nc(NCC2CC2)[nH]c1/C=C1\C=Nc2ncc(Cl)cc21. The summed E-state index contributed by atoms with van der Waals surface area (Å²) in [6.07, 6.45) is 7.58. The predicted molar refractivity (Wildman–Crippen MR) is 86.7 cm³/mol. The Morgan fingerprint density at radius 1 is 1.45 bits per heavy atom. The van der Waals surface area contributed by atoms with Crippen molar-refractivity contribution in [2.24, 2.45) is 10.9 Å². The van der Waals surface area contributed by atoms with E-state index in [0.717, 1.165) is 23.6 Å². The van der Waals surface area contributed by atoms with Crippen molar-refractivity contribution in [2.45, 2.75) is 12.8 Å². The summed E-state index contributed by atoms with van der Waals surface area (Å²) in [5.41, 5.74) is 2.21. The van der Waals surface area contributed by atoms with Gasteiger partial charge < -0.3 is 15.4 Å². The van der Waals surface area contributed by atoms with Gasteiger partial charge in [0, 0.05) is 30.1 Å². The van der Waals surface area contributed by atoms with Gasteiger partial charge in [0.2, 0.25) is 11.8 Å². The van der Waals surface area contributed by atoms with Crippen molar-refractivity contribution in [1.29, 1.82) is 0 Å². The third-order valence-electron chi connectivity index (χ3n) is 3.74. The quantitative estimate of drug-likeness (QED) is 0.808. The maximum absolute atomic E-state index is 9.96. The highest BCUT2D eigenvalue weighted by Gasteiger charge is 2.21. The average Bonchev–Trinajstić information content (AvgIpc) is 3.16. The fraction of sp³-hybridized carbons (Fsp3) is 0.267. The lowest BCUT2D eigenvalue weighted by molar-refractivity contribution is 0.455. The van der Waals surface area contributed by atoms with Gasteiger partial charge in [0.05, 0.1) is 5.02 Å². The fourth-order valence-corrected chi connectivity index (χ4v) is 2.50. The molecule has 1 aliphatic carbocycles. The lowest BCUT2D eigenvalue weighted by Crippen LogP contribution is -2.04. The van der Waals surface area contributed by atoms with Crippen LogP contribution in [0.1, 0.15) is 24.1 Å². The van der Waals surface area contributed by atoms with Crippen LogP contribution in [-0.4, -0.2) is 32.8 Å². The minimum absolute atomic E-state index is 0.0392. The number of nitrogens with zero attached hydrogens (tertiary/aromatic N) is 3. The van der Waals surface area contributed by atoms with Gasteiger partial charge in [-0.25, -0.2) is 9.98 Å². The second-order valence-electron chi connectivity index (χ2n) is 5.53. The van der Waals surface area contributed by atoms with Crippen molar-refractivity contribution >= 4 is 41.2 Å². The predicted octanol–water partition coefficient (Wildman–Crippen LogP) is 3.24. The molecule has 1 saturated carbocycles. The van der Waals surface area contributed by atoms with Crippen LogP contribution in [0.3, 0.4) is 0 Å². The zero-order valence-electron chi connectivity index (χ0n) is 11.7. The van der Waals surface area contributed by atoms with E-state index in [9.17, 15) is 5.11 Å². The van der Waals surface area contributed by atoms with E-state index in [4.69, 9.17) is 11.6 Å². The number of halogens is 1.